The topological polar surface area (TPSA) is 60.0 Å². The van der Waals surface area contributed by atoms with Crippen molar-refractivity contribution in [2.45, 2.75) is 12.5 Å². The molecule has 1 aromatic rings. The summed E-state index contributed by atoms with van der Waals surface area (Å²) in [4.78, 5) is 13.8. The fraction of sp³-hybridized carbons (Fsp3) is 0.562. The zero-order valence-corrected chi connectivity index (χ0v) is 13.2. The van der Waals surface area contributed by atoms with Crippen molar-refractivity contribution in [3.05, 3.63) is 24.3 Å². The van der Waals surface area contributed by atoms with Crippen LogP contribution in [0.2, 0.25) is 0 Å². The van der Waals surface area contributed by atoms with Crippen LogP contribution in [0.15, 0.2) is 24.3 Å². The van der Waals surface area contributed by atoms with Crippen LogP contribution in [0.4, 0.5) is 0 Å². The first kappa shape index (κ1) is 16.6. The SMILES string of the molecule is COc1ccc(OCCN(C)C(=O)CC2COCCN2)cc1. The number of carbonyl (C=O) groups excluding carboxylic acids is 1. The summed E-state index contributed by atoms with van der Waals surface area (Å²) >= 11 is 0. The molecule has 1 aliphatic heterocycles. The van der Waals surface area contributed by atoms with Crippen LogP contribution in [0.3, 0.4) is 0 Å². The molecule has 1 aromatic carbocycles. The molecule has 1 N–H and O–H groups in total. The van der Waals surface area contributed by atoms with Gasteiger partial charge in [-0.1, -0.05) is 0 Å². The molecule has 1 aliphatic rings. The Morgan fingerprint density at radius 3 is 2.73 bits per heavy atom. The summed E-state index contributed by atoms with van der Waals surface area (Å²) in [7, 11) is 3.42. The number of methoxy groups -OCH3 is 1. The molecule has 0 saturated carbocycles. The van der Waals surface area contributed by atoms with E-state index in [2.05, 4.69) is 5.32 Å². The lowest BCUT2D eigenvalue weighted by Gasteiger charge is -2.25. The molecule has 6 heteroatoms. The van der Waals surface area contributed by atoms with Crippen molar-refractivity contribution >= 4 is 5.91 Å². The lowest BCUT2D eigenvalue weighted by atomic mass is 10.2. The fourth-order valence-corrected chi connectivity index (χ4v) is 2.21. The molecule has 1 heterocycles. The van der Waals surface area contributed by atoms with E-state index in [1.807, 2.05) is 24.3 Å². The highest BCUT2D eigenvalue weighted by Crippen LogP contribution is 2.16. The highest BCUT2D eigenvalue weighted by atomic mass is 16.5. The van der Waals surface area contributed by atoms with E-state index in [1.165, 1.54) is 0 Å². The van der Waals surface area contributed by atoms with Gasteiger partial charge in [0.25, 0.3) is 0 Å². The van der Waals surface area contributed by atoms with E-state index in [1.54, 1.807) is 19.1 Å². The molecule has 1 unspecified atom stereocenters. The van der Waals surface area contributed by atoms with E-state index in [-0.39, 0.29) is 11.9 Å². The van der Waals surface area contributed by atoms with Crippen LogP contribution in [0, 0.1) is 0 Å². The first-order valence-electron chi connectivity index (χ1n) is 7.51. The Morgan fingerprint density at radius 2 is 2.09 bits per heavy atom. The minimum Gasteiger partial charge on any atom is -0.497 e. The molecule has 1 fully saturated rings. The Kier molecular flexibility index (Phi) is 6.48. The third kappa shape index (κ3) is 5.20. The van der Waals surface area contributed by atoms with E-state index >= 15 is 0 Å². The highest BCUT2D eigenvalue weighted by Gasteiger charge is 2.19. The van der Waals surface area contributed by atoms with Gasteiger partial charge in [-0.25, -0.2) is 0 Å². The van der Waals surface area contributed by atoms with E-state index in [9.17, 15) is 4.79 Å². The predicted molar refractivity (Wildman–Crippen MR) is 83.4 cm³/mol. The van der Waals surface area contributed by atoms with Gasteiger partial charge in [-0.05, 0) is 24.3 Å². The maximum Gasteiger partial charge on any atom is 0.224 e. The number of nitrogens with zero attached hydrogens (tertiary/aromatic N) is 1. The Bertz CT molecular complexity index is 458. The number of ether oxygens (including phenoxy) is 3. The summed E-state index contributed by atoms with van der Waals surface area (Å²) < 4.78 is 16.1. The summed E-state index contributed by atoms with van der Waals surface area (Å²) in [6.07, 6.45) is 0.457. The molecule has 1 amide bonds. The van der Waals surface area contributed by atoms with Crippen molar-refractivity contribution in [1.29, 1.82) is 0 Å². The Labute approximate surface area is 131 Å². The molecular weight excluding hydrogens is 284 g/mol. The Morgan fingerprint density at radius 1 is 1.36 bits per heavy atom. The van der Waals surface area contributed by atoms with Gasteiger partial charge < -0.3 is 24.4 Å². The van der Waals surface area contributed by atoms with Crippen molar-refractivity contribution in [3.8, 4) is 11.5 Å². The van der Waals surface area contributed by atoms with Gasteiger partial charge in [0.15, 0.2) is 0 Å². The van der Waals surface area contributed by atoms with E-state index in [4.69, 9.17) is 14.2 Å². The van der Waals surface area contributed by atoms with Crippen LogP contribution in [0.25, 0.3) is 0 Å². The molecule has 1 saturated heterocycles. The number of carbonyl (C=O) groups is 1. The van der Waals surface area contributed by atoms with E-state index in [0.29, 0.717) is 26.2 Å². The quantitative estimate of drug-likeness (QED) is 0.811. The van der Waals surface area contributed by atoms with Crippen LogP contribution >= 0.6 is 0 Å². The summed E-state index contributed by atoms with van der Waals surface area (Å²) in [6.45, 7) is 3.14. The first-order valence-corrected chi connectivity index (χ1v) is 7.51. The third-order valence-corrected chi connectivity index (χ3v) is 3.60. The molecule has 2 rings (SSSR count). The molecular formula is C16H24N2O4. The van der Waals surface area contributed by atoms with Gasteiger partial charge in [0.2, 0.25) is 5.91 Å². The molecule has 1 atom stereocenters. The zero-order chi connectivity index (χ0) is 15.8. The van der Waals surface area contributed by atoms with Gasteiger partial charge in [0.05, 0.1) is 26.9 Å². The lowest BCUT2D eigenvalue weighted by molar-refractivity contribution is -0.131. The van der Waals surface area contributed by atoms with Crippen molar-refractivity contribution in [2.75, 3.05) is 47.1 Å². The second-order valence-electron chi connectivity index (χ2n) is 5.27. The number of morpholine rings is 1. The summed E-state index contributed by atoms with van der Waals surface area (Å²) in [6, 6.07) is 7.51. The van der Waals surface area contributed by atoms with Crippen LogP contribution in [-0.2, 0) is 9.53 Å². The summed E-state index contributed by atoms with van der Waals surface area (Å²) in [5.74, 6) is 1.66. The zero-order valence-electron chi connectivity index (χ0n) is 13.2. The number of hydrogen-bond donors (Lipinski definition) is 1. The van der Waals surface area contributed by atoms with Crippen molar-refractivity contribution in [1.82, 2.24) is 10.2 Å². The molecule has 0 radical (unpaired) electrons. The number of amides is 1. The molecule has 0 spiro atoms. The Hall–Kier alpha value is -1.79. The number of rotatable bonds is 7. The standard InChI is InChI=1S/C16H24N2O4/c1-18(16(19)11-13-12-21-9-7-17-13)8-10-22-15-5-3-14(20-2)4-6-15/h3-6,13,17H,7-12H2,1-2H3. The van der Waals surface area contributed by atoms with Gasteiger partial charge in [-0.15, -0.1) is 0 Å². The van der Waals surface area contributed by atoms with Gasteiger partial charge in [-0.3, -0.25) is 4.79 Å². The fourth-order valence-electron chi connectivity index (χ4n) is 2.21. The lowest BCUT2D eigenvalue weighted by Crippen LogP contribution is -2.45. The van der Waals surface area contributed by atoms with Gasteiger partial charge in [-0.2, -0.15) is 0 Å². The first-order chi connectivity index (χ1) is 10.7. The minimum absolute atomic E-state index is 0.0985. The number of benzene rings is 1. The summed E-state index contributed by atoms with van der Waals surface area (Å²) in [5, 5.41) is 3.28. The summed E-state index contributed by atoms with van der Waals surface area (Å²) in [5.41, 5.74) is 0. The molecule has 22 heavy (non-hydrogen) atoms. The second kappa shape index (κ2) is 8.60. The van der Waals surface area contributed by atoms with Crippen LogP contribution in [0.1, 0.15) is 6.42 Å². The smallest absolute Gasteiger partial charge is 0.224 e. The molecule has 0 aliphatic carbocycles. The maximum absolute atomic E-state index is 12.1. The minimum atomic E-state index is 0.0985. The predicted octanol–water partition coefficient (Wildman–Crippen LogP) is 0.911. The maximum atomic E-state index is 12.1. The highest BCUT2D eigenvalue weighted by molar-refractivity contribution is 5.76. The number of nitrogens with one attached hydrogen (secondary N) is 1. The molecule has 6 nitrogen and oxygen atoms in total. The van der Waals surface area contributed by atoms with Gasteiger partial charge in [0.1, 0.15) is 18.1 Å². The molecule has 0 bridgehead atoms. The largest absolute Gasteiger partial charge is 0.497 e. The van der Waals surface area contributed by atoms with Gasteiger partial charge >= 0.3 is 0 Å². The van der Waals surface area contributed by atoms with Gasteiger partial charge in [0, 0.05) is 26.1 Å². The van der Waals surface area contributed by atoms with Crippen molar-refractivity contribution in [3.63, 3.8) is 0 Å². The number of likely N-dealkylation sites (N-methyl/N-ethyl adjacent to an activating group) is 1. The second-order valence-corrected chi connectivity index (χ2v) is 5.27. The molecule has 0 aromatic heterocycles. The third-order valence-electron chi connectivity index (χ3n) is 3.60. The van der Waals surface area contributed by atoms with Crippen molar-refractivity contribution < 1.29 is 19.0 Å². The van der Waals surface area contributed by atoms with Crippen LogP contribution < -0.4 is 14.8 Å². The monoisotopic (exact) mass is 308 g/mol. The molecule has 122 valence electrons. The average Bonchev–Trinajstić information content (AvgIpc) is 2.56. The Balaban J connectivity index is 1.67. The normalized spacial score (nSPS) is 17.8. The van der Waals surface area contributed by atoms with E-state index in [0.717, 1.165) is 24.7 Å². The van der Waals surface area contributed by atoms with Crippen LogP contribution in [-0.4, -0.2) is 63.9 Å². The van der Waals surface area contributed by atoms with E-state index < -0.39 is 0 Å². The van der Waals surface area contributed by atoms with Crippen molar-refractivity contribution in [2.24, 2.45) is 0 Å². The van der Waals surface area contributed by atoms with Crippen LogP contribution in [0.5, 0.6) is 11.5 Å². The average molecular weight is 308 g/mol. The number of hydrogen-bond acceptors (Lipinski definition) is 5.